The van der Waals surface area contributed by atoms with E-state index in [1.807, 2.05) is 0 Å². The molecule has 0 aromatic heterocycles. The molecule has 0 radical (unpaired) electrons. The van der Waals surface area contributed by atoms with Crippen LogP contribution < -0.4 is 0 Å². The zero-order valence-corrected chi connectivity index (χ0v) is 13.7. The van der Waals surface area contributed by atoms with Gasteiger partial charge in [0.2, 0.25) is 0 Å². The SMILES string of the molecule is CC[Si](CC)(CC)OCCCCC(=O)C[C@@H](O)CO. The molecule has 0 bridgehead atoms. The van der Waals surface area contributed by atoms with Crippen molar-refractivity contribution in [2.24, 2.45) is 0 Å². The third-order valence-corrected chi connectivity index (χ3v) is 8.55. The molecule has 0 fully saturated rings. The van der Waals surface area contributed by atoms with Crippen LogP contribution in [0, 0.1) is 0 Å². The van der Waals surface area contributed by atoms with Crippen molar-refractivity contribution >= 4 is 14.1 Å². The minimum atomic E-state index is -1.48. The van der Waals surface area contributed by atoms with Gasteiger partial charge in [0.1, 0.15) is 5.78 Å². The Morgan fingerprint density at radius 2 is 1.74 bits per heavy atom. The summed E-state index contributed by atoms with van der Waals surface area (Å²) >= 11 is 0. The lowest BCUT2D eigenvalue weighted by Gasteiger charge is -2.27. The van der Waals surface area contributed by atoms with Gasteiger partial charge in [-0.15, -0.1) is 0 Å². The van der Waals surface area contributed by atoms with Crippen LogP contribution in [0.2, 0.25) is 18.1 Å². The second-order valence-electron chi connectivity index (χ2n) is 5.13. The van der Waals surface area contributed by atoms with Crippen molar-refractivity contribution in [2.45, 2.75) is 70.7 Å². The molecular formula is C14H30O4Si. The van der Waals surface area contributed by atoms with Crippen molar-refractivity contribution in [1.29, 1.82) is 0 Å². The Hall–Kier alpha value is -0.233. The highest BCUT2D eigenvalue weighted by molar-refractivity contribution is 6.73. The zero-order valence-electron chi connectivity index (χ0n) is 12.7. The Morgan fingerprint density at radius 3 is 2.21 bits per heavy atom. The molecule has 0 aliphatic rings. The van der Waals surface area contributed by atoms with Crippen LogP contribution in [0.15, 0.2) is 0 Å². The summed E-state index contributed by atoms with van der Waals surface area (Å²) < 4.78 is 6.10. The number of aliphatic hydroxyl groups is 2. The molecule has 0 aromatic carbocycles. The Bertz CT molecular complexity index is 233. The molecule has 19 heavy (non-hydrogen) atoms. The number of unbranched alkanes of at least 4 members (excludes halogenated alkanes) is 1. The smallest absolute Gasteiger partial charge is 0.191 e. The van der Waals surface area contributed by atoms with E-state index >= 15 is 0 Å². The molecule has 0 aliphatic heterocycles. The van der Waals surface area contributed by atoms with E-state index in [0.29, 0.717) is 6.42 Å². The average Bonchev–Trinajstić information content (AvgIpc) is 2.43. The topological polar surface area (TPSA) is 66.8 Å². The number of carbonyl (C=O) groups excluding carboxylic acids is 1. The van der Waals surface area contributed by atoms with Gasteiger partial charge in [0.05, 0.1) is 12.7 Å². The van der Waals surface area contributed by atoms with Crippen LogP contribution >= 0.6 is 0 Å². The standard InChI is InChI=1S/C14H30O4Si/c1-4-19(5-2,6-3)18-10-8-7-9-13(16)11-14(17)12-15/h14-15,17H,4-12H2,1-3H3/t14-/m1/s1. The number of rotatable bonds is 12. The fraction of sp³-hybridized carbons (Fsp3) is 0.929. The van der Waals surface area contributed by atoms with Gasteiger partial charge in [-0.3, -0.25) is 4.79 Å². The number of Topliss-reactive ketones (excluding diaryl/α,β-unsaturated/α-hetero) is 1. The highest BCUT2D eigenvalue weighted by atomic mass is 28.4. The van der Waals surface area contributed by atoms with Gasteiger partial charge in [-0.1, -0.05) is 20.8 Å². The van der Waals surface area contributed by atoms with Crippen molar-refractivity contribution in [2.75, 3.05) is 13.2 Å². The number of ketones is 1. The molecule has 114 valence electrons. The molecule has 5 heteroatoms. The van der Waals surface area contributed by atoms with Gasteiger partial charge in [0.25, 0.3) is 0 Å². The fourth-order valence-corrected chi connectivity index (χ4v) is 4.89. The fourth-order valence-electron chi connectivity index (χ4n) is 2.20. The van der Waals surface area contributed by atoms with Gasteiger partial charge in [0.15, 0.2) is 8.32 Å². The van der Waals surface area contributed by atoms with E-state index in [9.17, 15) is 4.79 Å². The van der Waals surface area contributed by atoms with Crippen molar-refractivity contribution < 1.29 is 19.4 Å². The largest absolute Gasteiger partial charge is 0.417 e. The molecule has 0 aromatic rings. The predicted molar refractivity (Wildman–Crippen MR) is 79.7 cm³/mol. The first-order chi connectivity index (χ1) is 9.03. The number of carbonyl (C=O) groups is 1. The van der Waals surface area contributed by atoms with Crippen LogP contribution in [0.4, 0.5) is 0 Å². The molecule has 0 rings (SSSR count). The summed E-state index contributed by atoms with van der Waals surface area (Å²) in [7, 11) is -1.48. The van der Waals surface area contributed by atoms with Crippen molar-refractivity contribution in [3.8, 4) is 0 Å². The summed E-state index contributed by atoms with van der Waals surface area (Å²) in [5.74, 6) is 0.0199. The Kier molecular flexibility index (Phi) is 10.4. The molecule has 0 unspecified atom stereocenters. The first-order valence-electron chi connectivity index (χ1n) is 7.48. The van der Waals surface area contributed by atoms with Crippen LogP contribution in [-0.2, 0) is 9.22 Å². The lowest BCUT2D eigenvalue weighted by Crippen LogP contribution is -2.36. The van der Waals surface area contributed by atoms with Crippen LogP contribution in [0.25, 0.3) is 0 Å². The lowest BCUT2D eigenvalue weighted by atomic mass is 10.1. The van der Waals surface area contributed by atoms with Crippen LogP contribution in [-0.4, -0.2) is 43.6 Å². The predicted octanol–water partition coefficient (Wildman–Crippen LogP) is 2.49. The maximum absolute atomic E-state index is 11.4. The van der Waals surface area contributed by atoms with E-state index in [4.69, 9.17) is 14.6 Å². The highest BCUT2D eigenvalue weighted by Gasteiger charge is 2.28. The summed E-state index contributed by atoms with van der Waals surface area (Å²) in [4.78, 5) is 11.4. The van der Waals surface area contributed by atoms with Gasteiger partial charge in [-0.2, -0.15) is 0 Å². The first kappa shape index (κ1) is 18.8. The summed E-state index contributed by atoms with van der Waals surface area (Å²) in [5.41, 5.74) is 0. The van der Waals surface area contributed by atoms with Crippen LogP contribution in [0.3, 0.4) is 0 Å². The minimum absolute atomic E-state index is 0.0199. The summed E-state index contributed by atoms with van der Waals surface area (Å²) in [6, 6.07) is 3.46. The number of aliphatic hydroxyl groups excluding tert-OH is 2. The Labute approximate surface area is 118 Å². The van der Waals surface area contributed by atoms with E-state index in [1.54, 1.807) is 0 Å². The van der Waals surface area contributed by atoms with Crippen LogP contribution in [0.1, 0.15) is 46.5 Å². The quantitative estimate of drug-likeness (QED) is 0.428. The normalized spacial score (nSPS) is 13.5. The maximum atomic E-state index is 11.4. The van der Waals surface area contributed by atoms with Gasteiger partial charge in [-0.05, 0) is 31.0 Å². The molecule has 0 saturated carbocycles. The molecule has 0 spiro atoms. The van der Waals surface area contributed by atoms with E-state index in [0.717, 1.165) is 37.6 Å². The van der Waals surface area contributed by atoms with Crippen LogP contribution in [0.5, 0.6) is 0 Å². The first-order valence-corrected chi connectivity index (χ1v) is 10.0. The van der Waals surface area contributed by atoms with E-state index < -0.39 is 14.4 Å². The summed E-state index contributed by atoms with van der Waals surface area (Å²) in [5, 5.41) is 17.8. The second kappa shape index (κ2) is 10.5. The monoisotopic (exact) mass is 290 g/mol. The molecule has 2 N–H and O–H groups in total. The third kappa shape index (κ3) is 7.82. The van der Waals surface area contributed by atoms with Gasteiger partial charge in [-0.25, -0.2) is 0 Å². The molecule has 4 nitrogen and oxygen atoms in total. The number of hydrogen-bond acceptors (Lipinski definition) is 4. The van der Waals surface area contributed by atoms with Gasteiger partial charge >= 0.3 is 0 Å². The Balaban J connectivity index is 3.72. The van der Waals surface area contributed by atoms with Gasteiger partial charge in [0, 0.05) is 19.4 Å². The maximum Gasteiger partial charge on any atom is 0.191 e. The summed E-state index contributed by atoms with van der Waals surface area (Å²) in [6.07, 6.45) is 1.34. The second-order valence-corrected chi connectivity index (χ2v) is 9.90. The zero-order chi connectivity index (χ0) is 14.7. The highest BCUT2D eigenvalue weighted by Crippen LogP contribution is 2.21. The molecule has 0 amide bonds. The molecule has 0 aliphatic carbocycles. The van der Waals surface area contributed by atoms with Gasteiger partial charge < -0.3 is 14.6 Å². The molecule has 0 heterocycles. The number of hydrogen-bond donors (Lipinski definition) is 2. The lowest BCUT2D eigenvalue weighted by molar-refractivity contribution is -0.121. The summed E-state index contributed by atoms with van der Waals surface area (Å²) in [6.45, 7) is 7.03. The molecule has 0 saturated heterocycles. The van der Waals surface area contributed by atoms with E-state index in [2.05, 4.69) is 20.8 Å². The molecular weight excluding hydrogens is 260 g/mol. The molecule has 1 atom stereocenters. The van der Waals surface area contributed by atoms with E-state index in [-0.39, 0.29) is 18.8 Å². The van der Waals surface area contributed by atoms with Crippen molar-refractivity contribution in [1.82, 2.24) is 0 Å². The minimum Gasteiger partial charge on any atom is -0.417 e. The van der Waals surface area contributed by atoms with E-state index in [1.165, 1.54) is 0 Å². The van der Waals surface area contributed by atoms with Crippen molar-refractivity contribution in [3.63, 3.8) is 0 Å². The average molecular weight is 290 g/mol. The third-order valence-electron chi connectivity index (χ3n) is 3.87. The Morgan fingerprint density at radius 1 is 1.16 bits per heavy atom. The van der Waals surface area contributed by atoms with Crippen molar-refractivity contribution in [3.05, 3.63) is 0 Å².